The molecule has 0 aromatic carbocycles. The molecule has 1 saturated carbocycles. The Hall–Kier alpha value is -0.590. The van der Waals surface area contributed by atoms with Gasteiger partial charge >= 0.3 is 0 Å². The van der Waals surface area contributed by atoms with Gasteiger partial charge in [0, 0.05) is 6.42 Å². The van der Waals surface area contributed by atoms with Crippen LogP contribution in [0.3, 0.4) is 0 Å². The summed E-state index contributed by atoms with van der Waals surface area (Å²) >= 11 is 0. The summed E-state index contributed by atoms with van der Waals surface area (Å²) in [5, 5.41) is 0. The molecule has 0 aromatic heterocycles. The van der Waals surface area contributed by atoms with E-state index in [1.165, 1.54) is 30.4 Å². The van der Waals surface area contributed by atoms with Crippen molar-refractivity contribution in [2.75, 3.05) is 0 Å². The van der Waals surface area contributed by atoms with Gasteiger partial charge in [0.15, 0.2) is 5.78 Å². The Balaban J connectivity index is 2.36. The minimum atomic E-state index is 0.435. The molecule has 1 fully saturated rings. The molecule has 66 valence electrons. The van der Waals surface area contributed by atoms with E-state index in [4.69, 9.17) is 0 Å². The molecule has 0 saturated heterocycles. The molecular weight excluding hydrogens is 148 g/mol. The molecule has 2 rings (SSSR count). The van der Waals surface area contributed by atoms with Crippen molar-refractivity contribution in [1.82, 2.24) is 0 Å². The second kappa shape index (κ2) is 2.72. The third kappa shape index (κ3) is 1.03. The minimum absolute atomic E-state index is 0.435. The van der Waals surface area contributed by atoms with Crippen molar-refractivity contribution >= 4 is 5.78 Å². The highest BCUT2D eigenvalue weighted by atomic mass is 16.1. The van der Waals surface area contributed by atoms with Crippen LogP contribution in [-0.2, 0) is 4.79 Å². The number of ketones is 1. The molecule has 2 aliphatic rings. The number of Topliss-reactive ketones (excluding diaryl/α,β-unsaturated/α-hetero) is 1. The van der Waals surface area contributed by atoms with Gasteiger partial charge in [0.2, 0.25) is 0 Å². The van der Waals surface area contributed by atoms with Gasteiger partial charge in [-0.2, -0.15) is 0 Å². The number of fused-ring (bicyclic) bond motifs is 1. The summed E-state index contributed by atoms with van der Waals surface area (Å²) in [6.07, 6.45) is 4.59. The second-order valence-corrected chi connectivity index (χ2v) is 4.31. The van der Waals surface area contributed by atoms with Gasteiger partial charge in [-0.05, 0) is 36.7 Å². The number of carbonyl (C=O) groups excluding carboxylic acids is 1. The molecule has 0 N–H and O–H groups in total. The summed E-state index contributed by atoms with van der Waals surface area (Å²) in [6.45, 7) is 4.28. The molecule has 1 heteroatoms. The van der Waals surface area contributed by atoms with E-state index in [0.717, 1.165) is 6.42 Å². The molecule has 0 aliphatic heterocycles. The average molecular weight is 164 g/mol. The largest absolute Gasteiger partial charge is 0.295 e. The van der Waals surface area contributed by atoms with Crippen molar-refractivity contribution in [3.05, 3.63) is 11.1 Å². The molecule has 2 aliphatic carbocycles. The molecule has 0 bridgehead atoms. The monoisotopic (exact) mass is 164 g/mol. The van der Waals surface area contributed by atoms with Gasteiger partial charge in [-0.15, -0.1) is 0 Å². The van der Waals surface area contributed by atoms with Crippen LogP contribution >= 0.6 is 0 Å². The van der Waals surface area contributed by atoms with Gasteiger partial charge in [-0.25, -0.2) is 0 Å². The zero-order chi connectivity index (χ0) is 8.72. The lowest BCUT2D eigenvalue weighted by Crippen LogP contribution is -2.04. The summed E-state index contributed by atoms with van der Waals surface area (Å²) in [5.74, 6) is 1.54. The maximum atomic E-state index is 11.6. The SMILES string of the molecule is CC(C)C1=C2CCCC2CC1=O. The highest BCUT2D eigenvalue weighted by Crippen LogP contribution is 2.43. The van der Waals surface area contributed by atoms with Crippen LogP contribution < -0.4 is 0 Å². The first-order valence-corrected chi connectivity index (χ1v) is 4.96. The highest BCUT2D eigenvalue weighted by Gasteiger charge is 2.35. The first kappa shape index (κ1) is 8.03. The number of rotatable bonds is 1. The van der Waals surface area contributed by atoms with Crippen LogP contribution in [0, 0.1) is 11.8 Å². The predicted molar refractivity (Wildman–Crippen MR) is 48.8 cm³/mol. The molecule has 0 heterocycles. The molecule has 1 atom stereocenters. The fraction of sp³-hybridized carbons (Fsp3) is 0.727. The number of hydrogen-bond donors (Lipinski definition) is 0. The molecule has 0 radical (unpaired) electrons. The van der Waals surface area contributed by atoms with Crippen LogP contribution in [-0.4, -0.2) is 5.78 Å². The van der Waals surface area contributed by atoms with E-state index in [9.17, 15) is 4.79 Å². The standard InChI is InChI=1S/C11H16O/c1-7(2)11-9-5-3-4-8(9)6-10(11)12/h7-8H,3-6H2,1-2H3. The Bertz CT molecular complexity index is 248. The molecule has 12 heavy (non-hydrogen) atoms. The molecule has 0 amide bonds. The van der Waals surface area contributed by atoms with Crippen molar-refractivity contribution < 1.29 is 4.79 Å². The Morgan fingerprint density at radius 3 is 2.83 bits per heavy atom. The van der Waals surface area contributed by atoms with Crippen molar-refractivity contribution in [1.29, 1.82) is 0 Å². The maximum Gasteiger partial charge on any atom is 0.159 e. The number of hydrogen-bond acceptors (Lipinski definition) is 1. The Morgan fingerprint density at radius 2 is 2.17 bits per heavy atom. The molecule has 0 aromatic rings. The summed E-state index contributed by atoms with van der Waals surface area (Å²) in [6, 6.07) is 0. The molecule has 0 spiro atoms. The van der Waals surface area contributed by atoms with Crippen molar-refractivity contribution in [3.63, 3.8) is 0 Å². The van der Waals surface area contributed by atoms with Crippen molar-refractivity contribution in [2.24, 2.45) is 11.8 Å². The molecular formula is C11H16O. The Kier molecular flexibility index (Phi) is 1.82. The van der Waals surface area contributed by atoms with E-state index in [2.05, 4.69) is 13.8 Å². The smallest absolute Gasteiger partial charge is 0.159 e. The average Bonchev–Trinajstić information content (AvgIpc) is 2.44. The van der Waals surface area contributed by atoms with Crippen molar-refractivity contribution in [2.45, 2.75) is 39.5 Å². The van der Waals surface area contributed by atoms with Gasteiger partial charge in [0.05, 0.1) is 0 Å². The van der Waals surface area contributed by atoms with E-state index in [-0.39, 0.29) is 0 Å². The normalized spacial score (nSPS) is 28.9. The van der Waals surface area contributed by atoms with Gasteiger partial charge in [-0.1, -0.05) is 19.4 Å². The van der Waals surface area contributed by atoms with Crippen LogP contribution in [0.25, 0.3) is 0 Å². The molecule has 1 unspecified atom stereocenters. The fourth-order valence-electron chi connectivity index (χ4n) is 2.70. The lowest BCUT2D eigenvalue weighted by atomic mass is 9.97. The van der Waals surface area contributed by atoms with E-state index in [1.54, 1.807) is 0 Å². The first-order chi connectivity index (χ1) is 5.70. The predicted octanol–water partition coefficient (Wildman–Crippen LogP) is 2.71. The zero-order valence-electron chi connectivity index (χ0n) is 7.89. The quantitative estimate of drug-likeness (QED) is 0.582. The summed E-state index contributed by atoms with van der Waals surface area (Å²) in [5.41, 5.74) is 2.69. The minimum Gasteiger partial charge on any atom is -0.295 e. The van der Waals surface area contributed by atoms with Gasteiger partial charge in [0.25, 0.3) is 0 Å². The highest BCUT2D eigenvalue weighted by molar-refractivity contribution is 5.99. The van der Waals surface area contributed by atoms with E-state index in [1.807, 2.05) is 0 Å². The lowest BCUT2D eigenvalue weighted by molar-refractivity contribution is -0.115. The third-order valence-electron chi connectivity index (χ3n) is 3.15. The topological polar surface area (TPSA) is 17.1 Å². The van der Waals surface area contributed by atoms with Gasteiger partial charge < -0.3 is 0 Å². The van der Waals surface area contributed by atoms with Crippen molar-refractivity contribution in [3.8, 4) is 0 Å². The van der Waals surface area contributed by atoms with E-state index in [0.29, 0.717) is 17.6 Å². The third-order valence-corrected chi connectivity index (χ3v) is 3.15. The second-order valence-electron chi connectivity index (χ2n) is 4.31. The van der Waals surface area contributed by atoms with Gasteiger partial charge in [-0.3, -0.25) is 4.79 Å². The summed E-state index contributed by atoms with van der Waals surface area (Å²) < 4.78 is 0. The number of carbonyl (C=O) groups is 1. The van der Waals surface area contributed by atoms with Crippen LogP contribution in [0.1, 0.15) is 39.5 Å². The van der Waals surface area contributed by atoms with Crippen LogP contribution in [0.4, 0.5) is 0 Å². The van der Waals surface area contributed by atoms with Crippen LogP contribution in [0.2, 0.25) is 0 Å². The number of allylic oxidation sites excluding steroid dienone is 2. The summed E-state index contributed by atoms with van der Waals surface area (Å²) in [7, 11) is 0. The zero-order valence-corrected chi connectivity index (χ0v) is 7.89. The van der Waals surface area contributed by atoms with Gasteiger partial charge in [0.1, 0.15) is 0 Å². The fourth-order valence-corrected chi connectivity index (χ4v) is 2.70. The van der Waals surface area contributed by atoms with E-state index < -0.39 is 0 Å². The maximum absolute atomic E-state index is 11.6. The Morgan fingerprint density at radius 1 is 1.42 bits per heavy atom. The molecule has 1 nitrogen and oxygen atoms in total. The van der Waals surface area contributed by atoms with Crippen LogP contribution in [0.5, 0.6) is 0 Å². The Labute approximate surface area is 73.8 Å². The summed E-state index contributed by atoms with van der Waals surface area (Å²) in [4.78, 5) is 11.6. The van der Waals surface area contributed by atoms with Crippen LogP contribution in [0.15, 0.2) is 11.1 Å². The van der Waals surface area contributed by atoms with E-state index >= 15 is 0 Å². The first-order valence-electron chi connectivity index (χ1n) is 4.96. The lowest BCUT2D eigenvalue weighted by Gasteiger charge is -2.06.